The van der Waals surface area contributed by atoms with Crippen molar-refractivity contribution in [1.29, 1.82) is 0 Å². The average molecular weight is 253 g/mol. The maximum Gasteiger partial charge on any atom is 0.416 e. The van der Waals surface area contributed by atoms with Gasteiger partial charge in [-0.3, -0.25) is 4.98 Å². The molecule has 94 valence electrons. The molecule has 2 rings (SSSR count). The summed E-state index contributed by atoms with van der Waals surface area (Å²) in [5.41, 5.74) is 6.00. The minimum Gasteiger partial charge on any atom is -0.382 e. The van der Waals surface area contributed by atoms with Gasteiger partial charge in [-0.2, -0.15) is 13.2 Å². The molecule has 0 aliphatic heterocycles. The Balaban J connectivity index is 2.51. The molecule has 0 radical (unpaired) electrons. The zero-order valence-electron chi connectivity index (χ0n) is 9.49. The third kappa shape index (κ3) is 2.27. The second-order valence-corrected chi connectivity index (χ2v) is 3.82. The van der Waals surface area contributed by atoms with Crippen molar-refractivity contribution in [3.63, 3.8) is 0 Å². The summed E-state index contributed by atoms with van der Waals surface area (Å²) in [7, 11) is 0. The number of nitrogen functional groups attached to an aromatic ring is 1. The number of aryl methyl sites for hydroxylation is 1. The van der Waals surface area contributed by atoms with E-state index < -0.39 is 11.7 Å². The Kier molecular flexibility index (Phi) is 2.94. The second-order valence-electron chi connectivity index (χ2n) is 3.82. The zero-order chi connectivity index (χ0) is 13.3. The lowest BCUT2D eigenvalue weighted by molar-refractivity contribution is -0.138. The Labute approximate surface area is 101 Å². The summed E-state index contributed by atoms with van der Waals surface area (Å²) in [4.78, 5) is 7.86. The van der Waals surface area contributed by atoms with Gasteiger partial charge in [0.25, 0.3) is 0 Å². The van der Waals surface area contributed by atoms with E-state index in [0.29, 0.717) is 11.3 Å². The molecule has 2 aromatic rings. The van der Waals surface area contributed by atoms with E-state index in [1.54, 1.807) is 0 Å². The van der Waals surface area contributed by atoms with Crippen molar-refractivity contribution >= 4 is 5.82 Å². The molecule has 1 heterocycles. The molecule has 0 aliphatic carbocycles. The highest BCUT2D eigenvalue weighted by molar-refractivity contribution is 5.70. The lowest BCUT2D eigenvalue weighted by Gasteiger charge is -2.11. The summed E-state index contributed by atoms with van der Waals surface area (Å²) in [5, 5.41) is 0. The summed E-state index contributed by atoms with van der Waals surface area (Å²) in [6.45, 7) is 1.40. The standard InChI is InChI=1S/C12H10F3N3/c1-7-6-8(2-3-9(7)12(13,14)15)10-11(16)18-5-4-17-10/h2-6H,1H3,(H2,16,18). The first-order valence-electron chi connectivity index (χ1n) is 5.14. The molecular formula is C12H10F3N3. The number of alkyl halides is 3. The van der Waals surface area contributed by atoms with Crippen LogP contribution in [-0.2, 0) is 6.18 Å². The van der Waals surface area contributed by atoms with Crippen LogP contribution < -0.4 is 5.73 Å². The van der Waals surface area contributed by atoms with Gasteiger partial charge in [0.15, 0.2) is 0 Å². The predicted molar refractivity (Wildman–Crippen MR) is 61.6 cm³/mol. The fraction of sp³-hybridized carbons (Fsp3) is 0.167. The number of hydrogen-bond acceptors (Lipinski definition) is 3. The molecule has 2 N–H and O–H groups in total. The topological polar surface area (TPSA) is 51.8 Å². The van der Waals surface area contributed by atoms with Crippen LogP contribution in [0.25, 0.3) is 11.3 Å². The highest BCUT2D eigenvalue weighted by Gasteiger charge is 2.32. The maximum atomic E-state index is 12.6. The molecule has 0 unspecified atom stereocenters. The predicted octanol–water partition coefficient (Wildman–Crippen LogP) is 3.05. The SMILES string of the molecule is Cc1cc(-c2nccnc2N)ccc1C(F)(F)F. The lowest BCUT2D eigenvalue weighted by Crippen LogP contribution is -2.07. The van der Waals surface area contributed by atoms with E-state index in [1.807, 2.05) is 0 Å². The fourth-order valence-electron chi connectivity index (χ4n) is 1.70. The summed E-state index contributed by atoms with van der Waals surface area (Å²) >= 11 is 0. The maximum absolute atomic E-state index is 12.6. The summed E-state index contributed by atoms with van der Waals surface area (Å²) in [6, 6.07) is 3.78. The number of halogens is 3. The minimum absolute atomic E-state index is 0.130. The average Bonchev–Trinajstić information content (AvgIpc) is 2.27. The number of benzene rings is 1. The van der Waals surface area contributed by atoms with Crippen molar-refractivity contribution in [2.24, 2.45) is 0 Å². The molecule has 0 bridgehead atoms. The van der Waals surface area contributed by atoms with Crippen LogP contribution in [0.2, 0.25) is 0 Å². The van der Waals surface area contributed by atoms with Crippen LogP contribution in [0.1, 0.15) is 11.1 Å². The quantitative estimate of drug-likeness (QED) is 0.849. The van der Waals surface area contributed by atoms with Crippen LogP contribution in [0.4, 0.5) is 19.0 Å². The normalized spacial score (nSPS) is 11.6. The molecule has 1 aromatic carbocycles. The molecule has 18 heavy (non-hydrogen) atoms. The highest BCUT2D eigenvalue weighted by atomic mass is 19.4. The van der Waals surface area contributed by atoms with E-state index in [4.69, 9.17) is 5.73 Å². The number of nitrogens with zero attached hydrogens (tertiary/aromatic N) is 2. The van der Waals surface area contributed by atoms with Crippen LogP contribution in [0.5, 0.6) is 0 Å². The molecule has 6 heteroatoms. The Bertz CT molecular complexity index is 579. The van der Waals surface area contributed by atoms with Gasteiger partial charge in [0.1, 0.15) is 11.5 Å². The molecule has 0 amide bonds. The van der Waals surface area contributed by atoms with Crippen molar-refractivity contribution in [2.45, 2.75) is 13.1 Å². The fourth-order valence-corrected chi connectivity index (χ4v) is 1.70. The van der Waals surface area contributed by atoms with E-state index in [0.717, 1.165) is 6.07 Å². The van der Waals surface area contributed by atoms with E-state index >= 15 is 0 Å². The van der Waals surface area contributed by atoms with Crippen molar-refractivity contribution < 1.29 is 13.2 Å². The number of anilines is 1. The Hall–Kier alpha value is -2.11. The molecule has 0 aliphatic rings. The first kappa shape index (κ1) is 12.3. The van der Waals surface area contributed by atoms with Crippen molar-refractivity contribution in [1.82, 2.24) is 9.97 Å². The Morgan fingerprint density at radius 1 is 1.11 bits per heavy atom. The number of aromatic nitrogens is 2. The monoisotopic (exact) mass is 253 g/mol. The largest absolute Gasteiger partial charge is 0.416 e. The van der Waals surface area contributed by atoms with Crippen LogP contribution >= 0.6 is 0 Å². The number of hydrogen-bond donors (Lipinski definition) is 1. The van der Waals surface area contributed by atoms with Gasteiger partial charge in [0.2, 0.25) is 0 Å². The van der Waals surface area contributed by atoms with Gasteiger partial charge in [0, 0.05) is 18.0 Å². The zero-order valence-corrected chi connectivity index (χ0v) is 9.49. The van der Waals surface area contributed by atoms with Crippen LogP contribution in [0.3, 0.4) is 0 Å². The second kappa shape index (κ2) is 4.29. The Morgan fingerprint density at radius 2 is 1.78 bits per heavy atom. The molecule has 0 fully saturated rings. The molecule has 3 nitrogen and oxygen atoms in total. The van der Waals surface area contributed by atoms with Gasteiger partial charge < -0.3 is 5.73 Å². The first-order chi connectivity index (χ1) is 8.39. The lowest BCUT2D eigenvalue weighted by atomic mass is 10.0. The smallest absolute Gasteiger partial charge is 0.382 e. The van der Waals surface area contributed by atoms with E-state index in [9.17, 15) is 13.2 Å². The summed E-state index contributed by atoms with van der Waals surface area (Å²) in [6.07, 6.45) is -1.48. The van der Waals surface area contributed by atoms with Crippen LogP contribution in [0.15, 0.2) is 30.6 Å². The van der Waals surface area contributed by atoms with Gasteiger partial charge >= 0.3 is 6.18 Å². The van der Waals surface area contributed by atoms with Gasteiger partial charge in [-0.1, -0.05) is 6.07 Å². The summed E-state index contributed by atoms with van der Waals surface area (Å²) in [5.74, 6) is 0.191. The van der Waals surface area contributed by atoms with Gasteiger partial charge in [-0.15, -0.1) is 0 Å². The first-order valence-corrected chi connectivity index (χ1v) is 5.14. The minimum atomic E-state index is -4.35. The van der Waals surface area contributed by atoms with Gasteiger partial charge in [-0.25, -0.2) is 4.98 Å². The molecule has 0 saturated carbocycles. The molecule has 0 atom stereocenters. The van der Waals surface area contributed by atoms with Crippen LogP contribution in [-0.4, -0.2) is 9.97 Å². The van der Waals surface area contributed by atoms with Crippen molar-refractivity contribution in [3.8, 4) is 11.3 Å². The summed E-state index contributed by atoms with van der Waals surface area (Å²) < 4.78 is 37.8. The van der Waals surface area contributed by atoms with Crippen LogP contribution in [0, 0.1) is 6.92 Å². The van der Waals surface area contributed by atoms with E-state index in [2.05, 4.69) is 9.97 Å². The van der Waals surface area contributed by atoms with Gasteiger partial charge in [-0.05, 0) is 24.6 Å². The third-order valence-corrected chi connectivity index (χ3v) is 2.53. The third-order valence-electron chi connectivity index (χ3n) is 2.53. The Morgan fingerprint density at radius 3 is 2.33 bits per heavy atom. The number of rotatable bonds is 1. The van der Waals surface area contributed by atoms with E-state index in [1.165, 1.54) is 31.5 Å². The molecular weight excluding hydrogens is 243 g/mol. The highest BCUT2D eigenvalue weighted by Crippen LogP contribution is 2.34. The number of nitrogens with two attached hydrogens (primary N) is 1. The molecule has 0 spiro atoms. The molecule has 1 aromatic heterocycles. The van der Waals surface area contributed by atoms with Gasteiger partial charge in [0.05, 0.1) is 5.56 Å². The van der Waals surface area contributed by atoms with Crippen molar-refractivity contribution in [2.75, 3.05) is 5.73 Å². The van der Waals surface area contributed by atoms with Crippen molar-refractivity contribution in [3.05, 3.63) is 41.7 Å². The van der Waals surface area contributed by atoms with E-state index in [-0.39, 0.29) is 11.4 Å². The molecule has 0 saturated heterocycles.